The van der Waals surface area contributed by atoms with Crippen LogP contribution in [0.25, 0.3) is 0 Å². The van der Waals surface area contributed by atoms with E-state index in [9.17, 15) is 9.59 Å². The first-order chi connectivity index (χ1) is 32.4. The zero-order valence-corrected chi connectivity index (χ0v) is 41.3. The Bertz CT molecular complexity index is 2160. The summed E-state index contributed by atoms with van der Waals surface area (Å²) in [4.78, 5) is 26.4. The lowest BCUT2D eigenvalue weighted by Gasteiger charge is -2.46. The van der Waals surface area contributed by atoms with Gasteiger partial charge in [-0.2, -0.15) is 0 Å². The predicted octanol–water partition coefficient (Wildman–Crippen LogP) is 8.07. The van der Waals surface area contributed by atoms with Gasteiger partial charge in [-0.25, -0.2) is 0 Å². The third-order valence-electron chi connectivity index (χ3n) is 14.0. The van der Waals surface area contributed by atoms with Crippen molar-refractivity contribution in [3.63, 3.8) is 0 Å². The second kappa shape index (κ2) is 23.2. The average Bonchev–Trinajstić information content (AvgIpc) is 3.35. The standard InChI is InChI=1S/C53H72N2O12/c1-54(22-18-38-32-48(62-7)50(64-9)34-40(38)42(54)28-36-14-16-44(58-3)46(30-36)60-5)24-20-52(56)66-26-12-11-13-27-67-53(57)21-25-55(2)23-19-39-33-49(63-8)51(65-10)35-41(39)43(55)29-37-15-17-45(59-4)47(31-37)61-6/h14-17,30-35,42-43H,11-13,18-29H2,1-10H3/q+2/t42?,43?,54-,55-/m1/s1. The highest BCUT2D eigenvalue weighted by Crippen LogP contribution is 2.45. The topological polar surface area (TPSA) is 126 Å². The molecule has 0 bridgehead atoms. The fraction of sp³-hybridized carbons (Fsp3) is 0.509. The lowest BCUT2D eigenvalue weighted by Crippen LogP contribution is -2.53. The van der Waals surface area contributed by atoms with Crippen molar-refractivity contribution in [1.29, 1.82) is 0 Å². The molecule has 0 N–H and O–H groups in total. The Hall–Kier alpha value is -5.86. The summed E-state index contributed by atoms with van der Waals surface area (Å²) < 4.78 is 57.8. The van der Waals surface area contributed by atoms with Crippen molar-refractivity contribution in [2.24, 2.45) is 0 Å². The molecule has 0 amide bonds. The number of ether oxygens (including phenoxy) is 10. The maximum absolute atomic E-state index is 13.2. The van der Waals surface area contributed by atoms with Gasteiger partial charge in [-0.1, -0.05) is 12.1 Å². The van der Waals surface area contributed by atoms with E-state index in [-0.39, 0.29) is 24.0 Å². The van der Waals surface area contributed by atoms with E-state index in [1.807, 2.05) is 24.3 Å². The highest BCUT2D eigenvalue weighted by Gasteiger charge is 2.42. The van der Waals surface area contributed by atoms with Crippen LogP contribution < -0.4 is 37.9 Å². The van der Waals surface area contributed by atoms with Gasteiger partial charge in [0, 0.05) is 36.8 Å². The third kappa shape index (κ3) is 12.0. The summed E-state index contributed by atoms with van der Waals surface area (Å²) in [6.07, 6.45) is 5.85. The number of carbonyl (C=O) groups excluding carboxylic acids is 2. The fourth-order valence-electron chi connectivity index (χ4n) is 9.91. The van der Waals surface area contributed by atoms with Crippen LogP contribution in [0.1, 0.15) is 77.6 Å². The van der Waals surface area contributed by atoms with Crippen LogP contribution >= 0.6 is 0 Å². The van der Waals surface area contributed by atoms with Gasteiger partial charge in [0.2, 0.25) is 0 Å². The molecule has 364 valence electrons. The number of benzene rings is 4. The number of likely N-dealkylation sites (N-methyl/N-ethyl adjacent to an activating group) is 2. The molecule has 4 atom stereocenters. The molecule has 0 saturated carbocycles. The molecule has 2 aliphatic rings. The molecule has 0 saturated heterocycles. The zero-order chi connectivity index (χ0) is 48.1. The van der Waals surface area contributed by atoms with Gasteiger partial charge in [-0.15, -0.1) is 0 Å². The predicted molar refractivity (Wildman–Crippen MR) is 255 cm³/mol. The van der Waals surface area contributed by atoms with Crippen molar-refractivity contribution < 1.29 is 65.9 Å². The number of rotatable bonds is 24. The first-order valence-corrected chi connectivity index (χ1v) is 23.3. The Balaban J connectivity index is 0.987. The molecule has 0 aliphatic carbocycles. The Morgan fingerprint density at radius 3 is 1.16 bits per heavy atom. The minimum absolute atomic E-state index is 0.0393. The van der Waals surface area contributed by atoms with Crippen LogP contribution in [0, 0.1) is 0 Å². The Morgan fingerprint density at radius 1 is 0.463 bits per heavy atom. The van der Waals surface area contributed by atoms with Crippen LogP contribution in [0.4, 0.5) is 0 Å². The van der Waals surface area contributed by atoms with Crippen LogP contribution in [0.3, 0.4) is 0 Å². The zero-order valence-electron chi connectivity index (χ0n) is 41.3. The van der Waals surface area contributed by atoms with E-state index < -0.39 is 0 Å². The first-order valence-electron chi connectivity index (χ1n) is 23.3. The minimum atomic E-state index is -0.215. The van der Waals surface area contributed by atoms with Crippen LogP contribution in [0.2, 0.25) is 0 Å². The highest BCUT2D eigenvalue weighted by molar-refractivity contribution is 5.69. The number of fused-ring (bicyclic) bond motifs is 2. The smallest absolute Gasteiger partial charge is 0.311 e. The second-order valence-electron chi connectivity index (χ2n) is 18.0. The van der Waals surface area contributed by atoms with Crippen molar-refractivity contribution >= 4 is 11.9 Å². The molecule has 14 nitrogen and oxygen atoms in total. The van der Waals surface area contributed by atoms with Gasteiger partial charge >= 0.3 is 11.9 Å². The van der Waals surface area contributed by atoms with E-state index in [4.69, 9.17) is 47.4 Å². The molecule has 14 heteroatoms. The Kier molecular flexibility index (Phi) is 17.5. The summed E-state index contributed by atoms with van der Waals surface area (Å²) in [7, 11) is 17.6. The summed E-state index contributed by atoms with van der Waals surface area (Å²) in [5.41, 5.74) is 7.00. The highest BCUT2D eigenvalue weighted by atomic mass is 16.5. The van der Waals surface area contributed by atoms with Crippen LogP contribution in [0.15, 0.2) is 60.7 Å². The van der Waals surface area contributed by atoms with E-state index in [2.05, 4.69) is 50.5 Å². The van der Waals surface area contributed by atoms with Crippen LogP contribution in [-0.4, -0.2) is 131 Å². The average molecular weight is 929 g/mol. The van der Waals surface area contributed by atoms with Crippen molar-refractivity contribution in [1.82, 2.24) is 0 Å². The molecule has 0 spiro atoms. The summed E-state index contributed by atoms with van der Waals surface area (Å²) >= 11 is 0. The first kappa shape index (κ1) is 50.6. The number of hydrogen-bond acceptors (Lipinski definition) is 12. The summed E-state index contributed by atoms with van der Waals surface area (Å²) in [6, 6.07) is 20.5. The van der Waals surface area contributed by atoms with E-state index >= 15 is 0 Å². The molecule has 67 heavy (non-hydrogen) atoms. The number of carbonyl (C=O) groups is 2. The van der Waals surface area contributed by atoms with E-state index in [0.717, 1.165) is 56.3 Å². The summed E-state index contributed by atoms with van der Waals surface area (Å²) in [5.74, 6) is 5.06. The normalized spacial score (nSPS) is 19.6. The van der Waals surface area contributed by atoms with Crippen molar-refractivity contribution in [3.05, 3.63) is 94.0 Å². The third-order valence-corrected chi connectivity index (χ3v) is 14.0. The van der Waals surface area contributed by atoms with E-state index in [1.54, 1.807) is 56.9 Å². The molecule has 4 aromatic carbocycles. The van der Waals surface area contributed by atoms with Gasteiger partial charge in [0.1, 0.15) is 12.1 Å². The van der Waals surface area contributed by atoms with Gasteiger partial charge in [-0.3, -0.25) is 9.59 Å². The molecule has 2 unspecified atom stereocenters. The van der Waals surface area contributed by atoms with E-state index in [1.165, 1.54) is 22.3 Å². The number of nitrogens with zero attached hydrogens (tertiary/aromatic N) is 2. The Labute approximate surface area is 397 Å². The lowest BCUT2D eigenvalue weighted by molar-refractivity contribution is -0.940. The molecular formula is C53H72N2O12+2. The van der Waals surface area contributed by atoms with Crippen LogP contribution in [0.5, 0.6) is 46.0 Å². The van der Waals surface area contributed by atoms with Gasteiger partial charge in [0.05, 0.1) is 123 Å². The monoisotopic (exact) mass is 929 g/mol. The maximum Gasteiger partial charge on any atom is 0.311 e. The molecule has 4 aromatic rings. The van der Waals surface area contributed by atoms with Gasteiger partial charge in [0.25, 0.3) is 0 Å². The van der Waals surface area contributed by atoms with Gasteiger partial charge in [0.15, 0.2) is 46.0 Å². The summed E-state index contributed by atoms with van der Waals surface area (Å²) in [6.45, 7) is 3.57. The molecule has 0 aromatic heterocycles. The van der Waals surface area contributed by atoms with Crippen molar-refractivity contribution in [3.8, 4) is 46.0 Å². The summed E-state index contributed by atoms with van der Waals surface area (Å²) in [5, 5.41) is 0. The van der Waals surface area contributed by atoms with Crippen LogP contribution in [-0.2, 0) is 44.7 Å². The number of esters is 2. The lowest BCUT2D eigenvalue weighted by atomic mass is 9.86. The largest absolute Gasteiger partial charge is 0.493 e. The second-order valence-corrected chi connectivity index (χ2v) is 18.0. The van der Waals surface area contributed by atoms with Gasteiger partial charge < -0.3 is 56.3 Å². The molecule has 2 heterocycles. The minimum Gasteiger partial charge on any atom is -0.493 e. The number of hydrogen-bond donors (Lipinski definition) is 0. The maximum atomic E-state index is 13.2. The van der Waals surface area contributed by atoms with Gasteiger partial charge in [-0.05, 0) is 90.0 Å². The van der Waals surface area contributed by atoms with Crippen molar-refractivity contribution in [2.75, 3.05) is 110 Å². The number of quaternary nitrogens is 2. The molecule has 2 aliphatic heterocycles. The fourth-order valence-corrected chi connectivity index (χ4v) is 9.91. The SMILES string of the molecule is COc1ccc(CC2c3cc(OC)c(OC)cc3CC[N@+]2(C)CCC(=O)OCCCCCOC(=O)CC[N@@+]2(C)CCc3cc(OC)c(OC)cc3C2Cc2ccc(OC)c(OC)c2)cc1OC. The van der Waals surface area contributed by atoms with Crippen molar-refractivity contribution in [2.45, 2.75) is 69.9 Å². The Morgan fingerprint density at radius 2 is 0.806 bits per heavy atom. The number of unbranched alkanes of at least 4 members (excludes halogenated alkanes) is 2. The van der Waals surface area contributed by atoms with E-state index in [0.29, 0.717) is 107 Å². The molecular weight excluding hydrogens is 857 g/mol. The molecule has 6 rings (SSSR count). The molecule has 0 fully saturated rings. The molecule has 0 radical (unpaired) electrons. The number of methoxy groups -OCH3 is 8. The quantitative estimate of drug-likeness (QED) is 0.0383.